The van der Waals surface area contributed by atoms with E-state index in [-0.39, 0.29) is 0 Å². The lowest BCUT2D eigenvalue weighted by Crippen LogP contribution is -2.00. The maximum atomic E-state index is 4.63. The van der Waals surface area contributed by atoms with Crippen LogP contribution in [0.5, 0.6) is 0 Å². The first-order chi connectivity index (χ1) is 12.3. The van der Waals surface area contributed by atoms with Crippen LogP contribution in [-0.4, -0.2) is 14.5 Å². The van der Waals surface area contributed by atoms with Crippen LogP contribution in [0.3, 0.4) is 0 Å². The number of nitrogens with zero attached hydrogens (tertiary/aromatic N) is 3. The van der Waals surface area contributed by atoms with Crippen molar-refractivity contribution in [2.75, 3.05) is 0 Å². The fourth-order valence-corrected chi connectivity index (χ4v) is 3.28. The molecule has 25 heavy (non-hydrogen) atoms. The van der Waals surface area contributed by atoms with Gasteiger partial charge in [0, 0.05) is 29.3 Å². The molecule has 0 unspecified atom stereocenters. The van der Waals surface area contributed by atoms with Gasteiger partial charge < -0.3 is 4.57 Å². The third kappa shape index (κ3) is 2.64. The highest BCUT2D eigenvalue weighted by atomic mass is 15.0. The van der Waals surface area contributed by atoms with E-state index in [4.69, 9.17) is 0 Å². The number of rotatable bonds is 3. The van der Waals surface area contributed by atoms with Crippen LogP contribution in [0.15, 0.2) is 79.1 Å². The van der Waals surface area contributed by atoms with Crippen LogP contribution in [0.25, 0.3) is 28.3 Å². The first-order valence-electron chi connectivity index (χ1n) is 8.37. The summed E-state index contributed by atoms with van der Waals surface area (Å²) in [5.41, 5.74) is 7.70. The summed E-state index contributed by atoms with van der Waals surface area (Å²) in [7, 11) is 0. The molecule has 0 N–H and O–H groups in total. The largest absolute Gasteiger partial charge is 0.312 e. The zero-order valence-corrected chi connectivity index (χ0v) is 14.3. The normalized spacial score (nSPS) is 10.8. The van der Waals surface area contributed by atoms with Crippen molar-refractivity contribution >= 4 is 0 Å². The van der Waals surface area contributed by atoms with E-state index in [0.29, 0.717) is 0 Å². The molecule has 0 radical (unpaired) electrons. The monoisotopic (exact) mass is 325 g/mol. The minimum atomic E-state index is 0.947. The summed E-state index contributed by atoms with van der Waals surface area (Å²) in [5, 5.41) is 0. The van der Waals surface area contributed by atoms with Crippen molar-refractivity contribution in [1.29, 1.82) is 0 Å². The molecule has 3 aromatic heterocycles. The maximum absolute atomic E-state index is 4.63. The number of hydrogen-bond donors (Lipinski definition) is 0. The third-order valence-corrected chi connectivity index (χ3v) is 4.56. The lowest BCUT2D eigenvalue weighted by atomic mass is 10.0. The zero-order valence-electron chi connectivity index (χ0n) is 14.3. The highest BCUT2D eigenvalue weighted by Crippen LogP contribution is 2.38. The van der Waals surface area contributed by atoms with E-state index in [2.05, 4.69) is 64.8 Å². The van der Waals surface area contributed by atoms with Gasteiger partial charge in [-0.2, -0.15) is 0 Å². The van der Waals surface area contributed by atoms with E-state index in [0.717, 1.165) is 28.3 Å². The van der Waals surface area contributed by atoms with Gasteiger partial charge in [0.1, 0.15) is 0 Å². The Labute approximate surface area is 147 Å². The molecule has 122 valence electrons. The molecule has 0 spiro atoms. The lowest BCUT2D eigenvalue weighted by molar-refractivity contribution is 1.01. The first kappa shape index (κ1) is 15.3. The van der Waals surface area contributed by atoms with Gasteiger partial charge in [-0.15, -0.1) is 0 Å². The molecule has 4 rings (SSSR count). The van der Waals surface area contributed by atoms with Crippen molar-refractivity contribution in [2.45, 2.75) is 13.8 Å². The van der Waals surface area contributed by atoms with Gasteiger partial charge in [0.15, 0.2) is 0 Å². The van der Waals surface area contributed by atoms with E-state index >= 15 is 0 Å². The molecule has 0 atom stereocenters. The Hall–Kier alpha value is -3.20. The van der Waals surface area contributed by atoms with Crippen LogP contribution in [0.1, 0.15) is 11.3 Å². The average Bonchev–Trinajstić information content (AvgIpc) is 2.95. The van der Waals surface area contributed by atoms with Crippen molar-refractivity contribution in [3.63, 3.8) is 0 Å². The third-order valence-electron chi connectivity index (χ3n) is 4.56. The summed E-state index contributed by atoms with van der Waals surface area (Å²) >= 11 is 0. The van der Waals surface area contributed by atoms with E-state index in [1.54, 1.807) is 0 Å². The van der Waals surface area contributed by atoms with Crippen LogP contribution in [-0.2, 0) is 0 Å². The van der Waals surface area contributed by atoms with E-state index < -0.39 is 0 Å². The second kappa shape index (κ2) is 6.36. The molecule has 0 bridgehead atoms. The molecule has 3 heteroatoms. The topological polar surface area (TPSA) is 30.7 Å². The van der Waals surface area contributed by atoms with Gasteiger partial charge >= 0.3 is 0 Å². The second-order valence-corrected chi connectivity index (χ2v) is 6.03. The molecule has 3 nitrogen and oxygen atoms in total. The molecule has 0 fully saturated rings. The standard InChI is InChI=1S/C22H19N3/c1-16-17(2)25(18-10-4-3-5-11-18)22(20-13-7-9-15-24-20)21(16)19-12-6-8-14-23-19/h3-15H,1-2H3. The number of pyridine rings is 2. The van der Waals surface area contributed by atoms with Gasteiger partial charge in [-0.1, -0.05) is 30.3 Å². The highest BCUT2D eigenvalue weighted by Gasteiger charge is 2.22. The van der Waals surface area contributed by atoms with Gasteiger partial charge in [-0.25, -0.2) is 0 Å². The minimum absolute atomic E-state index is 0.947. The van der Waals surface area contributed by atoms with E-state index in [1.807, 2.05) is 42.7 Å². The Morgan fingerprint density at radius 3 is 1.88 bits per heavy atom. The Morgan fingerprint density at radius 1 is 0.680 bits per heavy atom. The van der Waals surface area contributed by atoms with Crippen molar-refractivity contribution in [3.8, 4) is 28.3 Å². The van der Waals surface area contributed by atoms with Gasteiger partial charge in [0.2, 0.25) is 0 Å². The van der Waals surface area contributed by atoms with E-state index in [9.17, 15) is 0 Å². The molecule has 0 saturated heterocycles. The predicted octanol–water partition coefficient (Wildman–Crippen LogP) is 5.22. The Bertz CT molecular complexity index is 925. The molecule has 3 heterocycles. The van der Waals surface area contributed by atoms with Crippen molar-refractivity contribution < 1.29 is 0 Å². The first-order valence-corrected chi connectivity index (χ1v) is 8.37. The molecule has 0 aliphatic heterocycles. The molecule has 0 aliphatic rings. The summed E-state index contributed by atoms with van der Waals surface area (Å²) in [6.45, 7) is 4.31. The second-order valence-electron chi connectivity index (χ2n) is 6.03. The molecule has 4 aromatic rings. The average molecular weight is 325 g/mol. The SMILES string of the molecule is Cc1c(-c2ccccn2)c(-c2ccccn2)n(-c2ccccc2)c1C. The number of benzene rings is 1. The molecule has 0 amide bonds. The Kier molecular flexibility index (Phi) is 3.90. The molecular formula is C22H19N3. The Balaban J connectivity index is 2.09. The fraction of sp³-hybridized carbons (Fsp3) is 0.0909. The molecule has 0 aliphatic carbocycles. The maximum Gasteiger partial charge on any atom is 0.0877 e. The summed E-state index contributed by atoms with van der Waals surface area (Å²) in [4.78, 5) is 9.23. The van der Waals surface area contributed by atoms with Crippen LogP contribution in [0, 0.1) is 13.8 Å². The van der Waals surface area contributed by atoms with Crippen LogP contribution < -0.4 is 0 Å². The summed E-state index contributed by atoms with van der Waals surface area (Å²) in [5.74, 6) is 0. The molecule has 1 aromatic carbocycles. The van der Waals surface area contributed by atoms with Crippen LogP contribution in [0.4, 0.5) is 0 Å². The number of aromatic nitrogens is 3. The fourth-order valence-electron chi connectivity index (χ4n) is 3.28. The smallest absolute Gasteiger partial charge is 0.0877 e. The molecule has 0 saturated carbocycles. The van der Waals surface area contributed by atoms with Gasteiger partial charge in [-0.05, 0) is 55.8 Å². The van der Waals surface area contributed by atoms with Gasteiger partial charge in [0.25, 0.3) is 0 Å². The lowest BCUT2D eigenvalue weighted by Gasteiger charge is -2.13. The summed E-state index contributed by atoms with van der Waals surface area (Å²) < 4.78 is 2.28. The number of hydrogen-bond acceptors (Lipinski definition) is 2. The summed E-state index contributed by atoms with van der Waals surface area (Å²) in [6, 6.07) is 22.5. The van der Waals surface area contributed by atoms with E-state index in [1.165, 1.54) is 11.3 Å². The van der Waals surface area contributed by atoms with Crippen LogP contribution in [0.2, 0.25) is 0 Å². The highest BCUT2D eigenvalue weighted by molar-refractivity contribution is 5.83. The van der Waals surface area contributed by atoms with Gasteiger partial charge in [0.05, 0.1) is 17.1 Å². The molecular weight excluding hydrogens is 306 g/mol. The minimum Gasteiger partial charge on any atom is -0.312 e. The zero-order chi connectivity index (χ0) is 17.2. The van der Waals surface area contributed by atoms with Crippen molar-refractivity contribution in [2.24, 2.45) is 0 Å². The van der Waals surface area contributed by atoms with Crippen molar-refractivity contribution in [1.82, 2.24) is 14.5 Å². The predicted molar refractivity (Wildman–Crippen MR) is 102 cm³/mol. The van der Waals surface area contributed by atoms with Crippen molar-refractivity contribution in [3.05, 3.63) is 90.4 Å². The van der Waals surface area contributed by atoms with Crippen LogP contribution >= 0.6 is 0 Å². The Morgan fingerprint density at radius 2 is 1.28 bits per heavy atom. The quantitative estimate of drug-likeness (QED) is 0.517. The number of para-hydroxylation sites is 1. The summed E-state index contributed by atoms with van der Waals surface area (Å²) in [6.07, 6.45) is 3.68. The van der Waals surface area contributed by atoms with Gasteiger partial charge in [-0.3, -0.25) is 9.97 Å².